The fourth-order valence-electron chi connectivity index (χ4n) is 3.91. The molecular formula is C16H21NO3S. The number of hydrogen-bond donors (Lipinski definition) is 2. The molecule has 3 unspecified atom stereocenters. The van der Waals surface area contributed by atoms with Crippen molar-refractivity contribution < 1.29 is 14.7 Å². The number of carboxylic acid groups (broad SMARTS) is 1. The van der Waals surface area contributed by atoms with Crippen molar-refractivity contribution in [3.63, 3.8) is 0 Å². The summed E-state index contributed by atoms with van der Waals surface area (Å²) in [5, 5.41) is 12.5. The van der Waals surface area contributed by atoms with Crippen LogP contribution in [0.2, 0.25) is 0 Å². The third-order valence-electron chi connectivity index (χ3n) is 4.95. The highest BCUT2D eigenvalue weighted by Gasteiger charge is 2.40. The summed E-state index contributed by atoms with van der Waals surface area (Å²) in [5.41, 5.74) is 0.221. The third kappa shape index (κ3) is 2.98. The topological polar surface area (TPSA) is 66.4 Å². The Labute approximate surface area is 128 Å². The molecule has 0 aliphatic heterocycles. The van der Waals surface area contributed by atoms with Crippen LogP contribution in [0.15, 0.2) is 6.07 Å². The number of thiophene rings is 1. The van der Waals surface area contributed by atoms with E-state index in [1.165, 1.54) is 37.0 Å². The van der Waals surface area contributed by atoms with Crippen molar-refractivity contribution in [1.29, 1.82) is 0 Å². The van der Waals surface area contributed by atoms with Crippen molar-refractivity contribution in [2.75, 3.05) is 5.32 Å². The fourth-order valence-corrected chi connectivity index (χ4v) is 4.91. The monoisotopic (exact) mass is 307 g/mol. The number of carboxylic acids is 1. The number of hydrogen-bond acceptors (Lipinski definition) is 3. The average molecular weight is 307 g/mol. The molecule has 2 saturated carbocycles. The number of anilines is 1. The standard InChI is InChI=1S/C16H21NO3S/c1-2-12-8-13(16(19)20)15(21-12)17-14(18)7-11-6-9-3-4-10(11)5-9/h8-11H,2-7H2,1H3,(H,17,18)(H,19,20). The van der Waals surface area contributed by atoms with Crippen molar-refractivity contribution in [2.24, 2.45) is 17.8 Å². The second kappa shape index (κ2) is 5.79. The van der Waals surface area contributed by atoms with Crippen LogP contribution in [-0.4, -0.2) is 17.0 Å². The lowest BCUT2D eigenvalue weighted by atomic mass is 9.86. The van der Waals surface area contributed by atoms with Gasteiger partial charge in [0.25, 0.3) is 0 Å². The van der Waals surface area contributed by atoms with Gasteiger partial charge in [0.2, 0.25) is 5.91 Å². The summed E-state index contributed by atoms with van der Waals surface area (Å²) in [6.07, 6.45) is 6.39. The SMILES string of the molecule is CCc1cc(C(=O)O)c(NC(=O)CC2CC3CCC2C3)s1. The van der Waals surface area contributed by atoms with Gasteiger partial charge in [-0.2, -0.15) is 0 Å². The van der Waals surface area contributed by atoms with E-state index in [0.29, 0.717) is 23.3 Å². The summed E-state index contributed by atoms with van der Waals surface area (Å²) in [4.78, 5) is 24.4. The van der Waals surface area contributed by atoms with Crippen LogP contribution in [0.4, 0.5) is 5.00 Å². The maximum atomic E-state index is 12.2. The van der Waals surface area contributed by atoms with E-state index >= 15 is 0 Å². The Morgan fingerprint density at radius 3 is 2.76 bits per heavy atom. The number of aryl methyl sites for hydroxylation is 1. The number of carbonyl (C=O) groups is 2. The molecule has 4 nitrogen and oxygen atoms in total. The Morgan fingerprint density at radius 2 is 2.19 bits per heavy atom. The molecule has 1 heterocycles. The number of fused-ring (bicyclic) bond motifs is 2. The quantitative estimate of drug-likeness (QED) is 0.870. The van der Waals surface area contributed by atoms with E-state index in [1.807, 2.05) is 6.92 Å². The maximum Gasteiger partial charge on any atom is 0.338 e. The lowest BCUT2D eigenvalue weighted by Crippen LogP contribution is -2.20. The molecule has 0 spiro atoms. The molecule has 2 N–H and O–H groups in total. The van der Waals surface area contributed by atoms with Crippen LogP contribution in [0.25, 0.3) is 0 Å². The summed E-state index contributed by atoms with van der Waals surface area (Å²) < 4.78 is 0. The zero-order valence-corrected chi connectivity index (χ0v) is 13.0. The van der Waals surface area contributed by atoms with Gasteiger partial charge in [0.05, 0.1) is 5.56 Å². The van der Waals surface area contributed by atoms with Crippen molar-refractivity contribution >= 4 is 28.2 Å². The zero-order valence-electron chi connectivity index (χ0n) is 12.2. The minimum absolute atomic E-state index is 0.0282. The molecule has 0 aromatic carbocycles. The lowest BCUT2D eigenvalue weighted by Gasteiger charge is -2.20. The number of carbonyl (C=O) groups excluding carboxylic acids is 1. The maximum absolute atomic E-state index is 12.2. The van der Waals surface area contributed by atoms with Gasteiger partial charge in [0.1, 0.15) is 5.00 Å². The van der Waals surface area contributed by atoms with E-state index in [9.17, 15) is 14.7 Å². The highest BCUT2D eigenvalue weighted by molar-refractivity contribution is 7.16. The average Bonchev–Trinajstić information content (AvgIpc) is 3.12. The Kier molecular flexibility index (Phi) is 4.02. The van der Waals surface area contributed by atoms with E-state index in [4.69, 9.17) is 0 Å². The van der Waals surface area contributed by atoms with Gasteiger partial charge in [-0.25, -0.2) is 4.79 Å². The van der Waals surface area contributed by atoms with Crippen LogP contribution in [-0.2, 0) is 11.2 Å². The molecule has 1 aromatic rings. The third-order valence-corrected chi connectivity index (χ3v) is 6.14. The van der Waals surface area contributed by atoms with Crippen LogP contribution in [0.3, 0.4) is 0 Å². The molecule has 1 amide bonds. The molecule has 5 heteroatoms. The number of aromatic carboxylic acids is 1. The second-order valence-electron chi connectivity index (χ2n) is 6.30. The molecule has 3 atom stereocenters. The van der Waals surface area contributed by atoms with Gasteiger partial charge in [-0.3, -0.25) is 4.79 Å². The first-order valence-electron chi connectivity index (χ1n) is 7.72. The van der Waals surface area contributed by atoms with Crippen LogP contribution in [0.5, 0.6) is 0 Å². The first-order chi connectivity index (χ1) is 10.1. The van der Waals surface area contributed by atoms with Gasteiger partial charge in [-0.15, -0.1) is 11.3 Å². The summed E-state index contributed by atoms with van der Waals surface area (Å²) >= 11 is 1.38. The molecule has 114 valence electrons. The van der Waals surface area contributed by atoms with Gasteiger partial charge in [-0.05, 0) is 49.5 Å². The largest absolute Gasteiger partial charge is 0.478 e. The predicted molar refractivity (Wildman–Crippen MR) is 82.8 cm³/mol. The number of rotatable bonds is 5. The molecule has 21 heavy (non-hydrogen) atoms. The predicted octanol–water partition coefficient (Wildman–Crippen LogP) is 3.77. The van der Waals surface area contributed by atoms with Crippen molar-refractivity contribution in [1.82, 2.24) is 0 Å². The first kappa shape index (κ1) is 14.6. The molecule has 2 aliphatic rings. The summed E-state index contributed by atoms with van der Waals surface area (Å²) in [6.45, 7) is 1.98. The number of amides is 1. The molecule has 2 aliphatic carbocycles. The summed E-state index contributed by atoms with van der Waals surface area (Å²) in [6, 6.07) is 1.67. The molecule has 1 aromatic heterocycles. The fraction of sp³-hybridized carbons (Fsp3) is 0.625. The van der Waals surface area contributed by atoms with E-state index in [2.05, 4.69) is 5.32 Å². The van der Waals surface area contributed by atoms with E-state index in [0.717, 1.165) is 17.2 Å². The number of nitrogens with one attached hydrogen (secondary N) is 1. The van der Waals surface area contributed by atoms with Crippen molar-refractivity contribution in [2.45, 2.75) is 45.4 Å². The summed E-state index contributed by atoms with van der Waals surface area (Å²) in [5.74, 6) is 1.05. The minimum atomic E-state index is -0.971. The van der Waals surface area contributed by atoms with Gasteiger partial charge in [-0.1, -0.05) is 13.3 Å². The molecule has 0 saturated heterocycles. The van der Waals surface area contributed by atoms with Gasteiger partial charge < -0.3 is 10.4 Å². The molecule has 0 radical (unpaired) electrons. The Morgan fingerprint density at radius 1 is 1.38 bits per heavy atom. The Hall–Kier alpha value is -1.36. The van der Waals surface area contributed by atoms with Crippen LogP contribution < -0.4 is 5.32 Å². The van der Waals surface area contributed by atoms with Crippen molar-refractivity contribution in [3.05, 3.63) is 16.5 Å². The molecular weight excluding hydrogens is 286 g/mol. The Bertz CT molecular complexity index is 566. The molecule has 2 bridgehead atoms. The van der Waals surface area contributed by atoms with Crippen molar-refractivity contribution in [3.8, 4) is 0 Å². The first-order valence-corrected chi connectivity index (χ1v) is 8.54. The van der Waals surface area contributed by atoms with Gasteiger partial charge >= 0.3 is 5.97 Å². The Balaban J connectivity index is 1.64. The van der Waals surface area contributed by atoms with E-state index in [-0.39, 0.29) is 11.5 Å². The normalized spacial score (nSPS) is 27.0. The van der Waals surface area contributed by atoms with E-state index in [1.54, 1.807) is 6.07 Å². The van der Waals surface area contributed by atoms with Crippen LogP contribution in [0, 0.1) is 17.8 Å². The van der Waals surface area contributed by atoms with Crippen LogP contribution in [0.1, 0.15) is 54.3 Å². The minimum Gasteiger partial charge on any atom is -0.478 e. The second-order valence-corrected chi connectivity index (χ2v) is 7.44. The van der Waals surface area contributed by atoms with Gasteiger partial charge in [0, 0.05) is 11.3 Å². The highest BCUT2D eigenvalue weighted by Crippen LogP contribution is 2.49. The van der Waals surface area contributed by atoms with E-state index < -0.39 is 5.97 Å². The molecule has 3 rings (SSSR count). The lowest BCUT2D eigenvalue weighted by molar-refractivity contribution is -0.117. The highest BCUT2D eigenvalue weighted by atomic mass is 32.1. The summed E-state index contributed by atoms with van der Waals surface area (Å²) in [7, 11) is 0. The smallest absolute Gasteiger partial charge is 0.338 e. The zero-order chi connectivity index (χ0) is 15.0. The molecule has 2 fully saturated rings. The van der Waals surface area contributed by atoms with Gasteiger partial charge in [0.15, 0.2) is 0 Å². The van der Waals surface area contributed by atoms with Crippen LogP contribution >= 0.6 is 11.3 Å².